The number of carboxylic acid groups (broad SMARTS) is 1. The summed E-state index contributed by atoms with van der Waals surface area (Å²) in [5.74, 6) is -1.26. The van der Waals surface area contributed by atoms with Gasteiger partial charge in [-0.25, -0.2) is 4.79 Å². The van der Waals surface area contributed by atoms with Crippen LogP contribution in [-0.2, 0) is 23.9 Å². The summed E-state index contributed by atoms with van der Waals surface area (Å²) >= 11 is 1.30. The lowest BCUT2D eigenvalue weighted by atomic mass is 10.0. The van der Waals surface area contributed by atoms with Gasteiger partial charge in [0.1, 0.15) is 35.3 Å². The van der Waals surface area contributed by atoms with Crippen LogP contribution in [0.15, 0.2) is 40.5 Å². The van der Waals surface area contributed by atoms with Crippen LogP contribution in [0.4, 0.5) is 0 Å². The minimum absolute atomic E-state index is 0.200. The molecule has 1 aromatic rings. The van der Waals surface area contributed by atoms with Crippen molar-refractivity contribution in [1.29, 1.82) is 0 Å². The number of nitrogens with one attached hydrogen (secondary N) is 2. The smallest absolute Gasteiger partial charge is 0.352 e. The Bertz CT molecular complexity index is 1070. The predicted octanol–water partition coefficient (Wildman–Crippen LogP) is 0.107. The van der Waals surface area contributed by atoms with Crippen molar-refractivity contribution >= 4 is 41.4 Å². The van der Waals surface area contributed by atoms with Gasteiger partial charge in [-0.15, -0.1) is 11.8 Å². The largest absolute Gasteiger partial charge is 0.484 e. The molecule has 0 aliphatic carbocycles. The van der Waals surface area contributed by atoms with E-state index in [1.165, 1.54) is 18.7 Å². The van der Waals surface area contributed by atoms with Crippen LogP contribution in [-0.4, -0.2) is 83.1 Å². The SMILES string of the molecule is CC(=O)OCC1=C(C(=O)O)N2C(=O)[C@@H](NC(=O)COc3ccc(C4=NCCCN4)cc3)[C@H]2SC1. The van der Waals surface area contributed by atoms with Crippen molar-refractivity contribution in [1.82, 2.24) is 15.5 Å². The van der Waals surface area contributed by atoms with E-state index in [1.807, 2.05) is 12.1 Å². The minimum atomic E-state index is -1.29. The van der Waals surface area contributed by atoms with Crippen LogP contribution in [0.3, 0.4) is 0 Å². The second-order valence-corrected chi connectivity index (χ2v) is 8.92. The molecule has 0 radical (unpaired) electrons. The number of ether oxygens (including phenoxy) is 2. The van der Waals surface area contributed by atoms with E-state index in [1.54, 1.807) is 12.1 Å². The molecule has 0 spiro atoms. The number of amidine groups is 1. The third-order valence-electron chi connectivity index (χ3n) is 5.41. The molecule has 180 valence electrons. The highest BCUT2D eigenvalue weighted by molar-refractivity contribution is 8.00. The summed E-state index contributed by atoms with van der Waals surface area (Å²) in [6.45, 7) is 2.39. The van der Waals surface area contributed by atoms with Crippen LogP contribution in [0.25, 0.3) is 0 Å². The van der Waals surface area contributed by atoms with Gasteiger partial charge in [0.15, 0.2) is 6.61 Å². The van der Waals surface area contributed by atoms with E-state index >= 15 is 0 Å². The number of aliphatic carboxylic acids is 1. The average Bonchev–Trinajstić information content (AvgIpc) is 2.84. The van der Waals surface area contributed by atoms with Crippen molar-refractivity contribution in [3.8, 4) is 5.75 Å². The molecule has 0 bridgehead atoms. The number of carbonyl (C=O) groups excluding carboxylic acids is 3. The summed E-state index contributed by atoms with van der Waals surface area (Å²) in [7, 11) is 0. The highest BCUT2D eigenvalue weighted by atomic mass is 32.2. The van der Waals surface area contributed by atoms with Gasteiger partial charge >= 0.3 is 11.9 Å². The Hall–Kier alpha value is -3.54. The number of amides is 2. The predicted molar refractivity (Wildman–Crippen MR) is 122 cm³/mol. The second-order valence-electron chi connectivity index (χ2n) is 7.82. The zero-order chi connectivity index (χ0) is 24.2. The van der Waals surface area contributed by atoms with E-state index < -0.39 is 35.2 Å². The molecule has 0 aromatic heterocycles. The number of β-lactam (4-membered cyclic amide) rings is 1. The molecule has 1 aromatic carbocycles. The summed E-state index contributed by atoms with van der Waals surface area (Å²) in [6.07, 6.45) is 1.00. The summed E-state index contributed by atoms with van der Waals surface area (Å²) in [5, 5.41) is 14.9. The van der Waals surface area contributed by atoms with Gasteiger partial charge in [-0.05, 0) is 30.7 Å². The number of carbonyl (C=O) groups is 4. The first-order valence-electron chi connectivity index (χ1n) is 10.7. The van der Waals surface area contributed by atoms with E-state index in [2.05, 4.69) is 15.6 Å². The number of esters is 1. The molecule has 0 saturated carbocycles. The fourth-order valence-electron chi connectivity index (χ4n) is 3.78. The lowest BCUT2D eigenvalue weighted by molar-refractivity contribution is -0.151. The van der Waals surface area contributed by atoms with Crippen LogP contribution < -0.4 is 15.4 Å². The standard InChI is InChI=1S/C22H24N4O7S/c1-12(27)32-9-14-11-34-21-17(20(29)26(21)18(14)22(30)31)25-16(28)10-33-15-5-3-13(4-6-15)19-23-7-2-8-24-19/h3-6,17,21H,2,7-11H2,1H3,(H,23,24)(H,25,28)(H,30,31)/t17-,21-/m1/s1. The van der Waals surface area contributed by atoms with Crippen molar-refractivity contribution in [2.24, 2.45) is 4.99 Å². The molecule has 2 amide bonds. The Morgan fingerprint density at radius 2 is 2.06 bits per heavy atom. The fraction of sp³-hybridized carbons (Fsp3) is 0.409. The number of hydrogen-bond donors (Lipinski definition) is 3. The first-order valence-corrected chi connectivity index (χ1v) is 11.7. The van der Waals surface area contributed by atoms with Crippen LogP contribution in [0.1, 0.15) is 18.9 Å². The van der Waals surface area contributed by atoms with Crippen molar-refractivity contribution < 1.29 is 33.8 Å². The normalized spacial score (nSPS) is 21.5. The molecule has 3 heterocycles. The molecule has 34 heavy (non-hydrogen) atoms. The van der Waals surface area contributed by atoms with Gasteiger partial charge in [-0.1, -0.05) is 0 Å². The topological polar surface area (TPSA) is 147 Å². The van der Waals surface area contributed by atoms with Crippen LogP contribution >= 0.6 is 11.8 Å². The van der Waals surface area contributed by atoms with Gasteiger partial charge in [0.05, 0.1) is 0 Å². The van der Waals surface area contributed by atoms with Gasteiger partial charge in [0.2, 0.25) is 0 Å². The molecule has 3 aliphatic rings. The Kier molecular flexibility index (Phi) is 7.06. The third-order valence-corrected chi connectivity index (χ3v) is 6.75. The van der Waals surface area contributed by atoms with E-state index in [4.69, 9.17) is 9.47 Å². The highest BCUT2D eigenvalue weighted by Gasteiger charge is 2.54. The number of benzene rings is 1. The minimum Gasteiger partial charge on any atom is -0.484 e. The summed E-state index contributed by atoms with van der Waals surface area (Å²) in [5.41, 5.74) is 1.07. The van der Waals surface area contributed by atoms with Crippen molar-refractivity contribution in [2.75, 3.05) is 32.1 Å². The maximum atomic E-state index is 12.6. The van der Waals surface area contributed by atoms with Gasteiger partial charge in [-0.3, -0.25) is 24.3 Å². The number of carboxylic acids is 1. The van der Waals surface area contributed by atoms with Crippen LogP contribution in [0, 0.1) is 0 Å². The monoisotopic (exact) mass is 488 g/mol. The van der Waals surface area contributed by atoms with Crippen LogP contribution in [0.2, 0.25) is 0 Å². The summed E-state index contributed by atoms with van der Waals surface area (Å²) in [4.78, 5) is 53.4. The first-order chi connectivity index (χ1) is 16.3. The summed E-state index contributed by atoms with van der Waals surface area (Å²) in [6, 6.07) is 6.32. The molecular formula is C22H24N4O7S. The van der Waals surface area contributed by atoms with Crippen molar-refractivity contribution in [3.05, 3.63) is 41.1 Å². The Labute approximate surface area is 199 Å². The Morgan fingerprint density at radius 3 is 2.71 bits per heavy atom. The molecule has 1 saturated heterocycles. The lowest BCUT2D eigenvalue weighted by Crippen LogP contribution is -2.71. The van der Waals surface area contributed by atoms with Gasteiger partial charge < -0.3 is 25.2 Å². The van der Waals surface area contributed by atoms with Gasteiger partial charge in [0, 0.05) is 36.9 Å². The van der Waals surface area contributed by atoms with Crippen molar-refractivity contribution in [2.45, 2.75) is 24.8 Å². The highest BCUT2D eigenvalue weighted by Crippen LogP contribution is 2.40. The van der Waals surface area contributed by atoms with Crippen molar-refractivity contribution in [3.63, 3.8) is 0 Å². The molecule has 11 nitrogen and oxygen atoms in total. The Balaban J connectivity index is 1.31. The number of hydrogen-bond acceptors (Lipinski definition) is 9. The van der Waals surface area contributed by atoms with E-state index in [0.717, 1.165) is 35.8 Å². The number of aliphatic imine (C=N–C) groups is 1. The number of rotatable bonds is 8. The number of fused-ring (bicyclic) bond motifs is 1. The van der Waals surface area contributed by atoms with Gasteiger partial charge in [-0.2, -0.15) is 0 Å². The molecular weight excluding hydrogens is 464 g/mol. The number of thioether (sulfide) groups is 1. The maximum Gasteiger partial charge on any atom is 0.352 e. The summed E-state index contributed by atoms with van der Waals surface area (Å²) < 4.78 is 10.4. The van der Waals surface area contributed by atoms with E-state index in [-0.39, 0.29) is 24.7 Å². The number of nitrogens with zero attached hydrogens (tertiary/aromatic N) is 2. The first kappa shape index (κ1) is 23.6. The lowest BCUT2D eigenvalue weighted by Gasteiger charge is -2.49. The third kappa shape index (κ3) is 5.01. The quantitative estimate of drug-likeness (QED) is 0.343. The molecule has 3 aliphatic heterocycles. The average molecular weight is 489 g/mol. The van der Waals surface area contributed by atoms with E-state index in [9.17, 15) is 24.3 Å². The molecule has 12 heteroatoms. The van der Waals surface area contributed by atoms with Gasteiger partial charge in [0.25, 0.3) is 11.8 Å². The molecule has 2 atom stereocenters. The molecule has 3 N–H and O–H groups in total. The molecule has 4 rings (SSSR count). The Morgan fingerprint density at radius 1 is 1.29 bits per heavy atom. The maximum absolute atomic E-state index is 12.6. The second kappa shape index (κ2) is 10.2. The zero-order valence-electron chi connectivity index (χ0n) is 18.4. The zero-order valence-corrected chi connectivity index (χ0v) is 19.2. The molecule has 1 fully saturated rings. The van der Waals surface area contributed by atoms with E-state index in [0.29, 0.717) is 11.3 Å². The molecule has 0 unspecified atom stereocenters. The van der Waals surface area contributed by atoms with Crippen LogP contribution in [0.5, 0.6) is 5.75 Å². The fourth-order valence-corrected chi connectivity index (χ4v) is 5.11.